The summed E-state index contributed by atoms with van der Waals surface area (Å²) in [4.78, 5) is 10.8. The first-order valence-corrected chi connectivity index (χ1v) is 8.11. The molecule has 0 bridgehead atoms. The molecular formula is C14H18FNO4S. The van der Waals surface area contributed by atoms with Crippen molar-refractivity contribution >= 4 is 16.0 Å². The molecule has 0 amide bonds. The zero-order chi connectivity index (χ0) is 15.9. The lowest BCUT2D eigenvalue weighted by Gasteiger charge is -2.24. The van der Waals surface area contributed by atoms with E-state index in [1.807, 2.05) is 6.92 Å². The van der Waals surface area contributed by atoms with Crippen LogP contribution < -0.4 is 0 Å². The molecule has 0 aromatic heterocycles. The largest absolute Gasteiger partial charge is 0.478 e. The standard InChI is InChI=1S/C14H18FNO4S/c1-8-6-11(7-12(13(8)15)14(17)18)21(19,20)16(3)9(2)10-4-5-10/h6-7,9-10H,4-5H2,1-3H3,(H,17,18). The van der Waals surface area contributed by atoms with Gasteiger partial charge < -0.3 is 5.11 Å². The second-order valence-corrected chi connectivity index (χ2v) is 7.50. The number of aromatic carboxylic acids is 1. The molecule has 1 aromatic rings. The molecule has 0 aliphatic heterocycles. The molecular weight excluding hydrogens is 297 g/mol. The number of nitrogens with zero attached hydrogens (tertiary/aromatic N) is 1. The van der Waals surface area contributed by atoms with Gasteiger partial charge in [-0.3, -0.25) is 0 Å². The van der Waals surface area contributed by atoms with Crippen LogP contribution in [0.25, 0.3) is 0 Å². The van der Waals surface area contributed by atoms with Crippen molar-refractivity contribution in [1.29, 1.82) is 0 Å². The van der Waals surface area contributed by atoms with Crippen LogP contribution in [-0.2, 0) is 10.0 Å². The lowest BCUT2D eigenvalue weighted by Crippen LogP contribution is -2.36. The van der Waals surface area contributed by atoms with E-state index < -0.39 is 27.4 Å². The number of carboxylic acid groups (broad SMARTS) is 1. The molecule has 7 heteroatoms. The van der Waals surface area contributed by atoms with Gasteiger partial charge in [-0.2, -0.15) is 4.31 Å². The van der Waals surface area contributed by atoms with Gasteiger partial charge in [-0.25, -0.2) is 17.6 Å². The van der Waals surface area contributed by atoms with E-state index in [0.29, 0.717) is 5.92 Å². The van der Waals surface area contributed by atoms with Gasteiger partial charge in [0.25, 0.3) is 0 Å². The van der Waals surface area contributed by atoms with Crippen LogP contribution in [-0.4, -0.2) is 36.9 Å². The smallest absolute Gasteiger partial charge is 0.338 e. The number of rotatable bonds is 5. The van der Waals surface area contributed by atoms with Gasteiger partial charge >= 0.3 is 5.97 Å². The third kappa shape index (κ3) is 2.94. The molecule has 0 heterocycles. The fraction of sp³-hybridized carbons (Fsp3) is 0.500. The maximum absolute atomic E-state index is 13.7. The highest BCUT2D eigenvalue weighted by Crippen LogP contribution is 2.36. The van der Waals surface area contributed by atoms with Crippen LogP contribution in [0, 0.1) is 18.7 Å². The Morgan fingerprint density at radius 3 is 2.48 bits per heavy atom. The van der Waals surface area contributed by atoms with Crippen molar-refractivity contribution < 1.29 is 22.7 Å². The monoisotopic (exact) mass is 315 g/mol. The summed E-state index contributed by atoms with van der Waals surface area (Å²) in [5, 5.41) is 8.98. The van der Waals surface area contributed by atoms with E-state index in [1.165, 1.54) is 24.3 Å². The van der Waals surface area contributed by atoms with Crippen molar-refractivity contribution in [3.63, 3.8) is 0 Å². The van der Waals surface area contributed by atoms with E-state index in [9.17, 15) is 17.6 Å². The van der Waals surface area contributed by atoms with Crippen molar-refractivity contribution in [3.8, 4) is 0 Å². The lowest BCUT2D eigenvalue weighted by atomic mass is 10.1. The highest BCUT2D eigenvalue weighted by Gasteiger charge is 2.36. The molecule has 1 fully saturated rings. The number of halogens is 1. The highest BCUT2D eigenvalue weighted by atomic mass is 32.2. The van der Waals surface area contributed by atoms with Gasteiger partial charge in [-0.15, -0.1) is 0 Å². The molecule has 1 saturated carbocycles. The number of hydrogen-bond donors (Lipinski definition) is 1. The van der Waals surface area contributed by atoms with Crippen LogP contribution in [0.3, 0.4) is 0 Å². The van der Waals surface area contributed by atoms with Crippen LogP contribution >= 0.6 is 0 Å². The fourth-order valence-corrected chi connectivity index (χ4v) is 3.84. The van der Waals surface area contributed by atoms with Crippen molar-refractivity contribution in [1.82, 2.24) is 4.31 Å². The minimum absolute atomic E-state index is 0.000880. The second kappa shape index (κ2) is 5.38. The molecule has 21 heavy (non-hydrogen) atoms. The Kier molecular flexibility index (Phi) is 4.08. The van der Waals surface area contributed by atoms with Crippen molar-refractivity contribution in [2.75, 3.05) is 7.05 Å². The molecule has 0 radical (unpaired) electrons. The van der Waals surface area contributed by atoms with Gasteiger partial charge in [0.05, 0.1) is 10.5 Å². The first-order chi connectivity index (χ1) is 9.66. The van der Waals surface area contributed by atoms with E-state index in [2.05, 4.69) is 0 Å². The molecule has 1 atom stereocenters. The van der Waals surface area contributed by atoms with Crippen LogP contribution in [0.1, 0.15) is 35.7 Å². The number of carboxylic acids is 1. The topological polar surface area (TPSA) is 74.7 Å². The maximum atomic E-state index is 13.7. The van der Waals surface area contributed by atoms with Crippen LogP contribution in [0.15, 0.2) is 17.0 Å². The number of sulfonamides is 1. The predicted octanol–water partition coefficient (Wildman–Crippen LogP) is 2.25. The summed E-state index contributed by atoms with van der Waals surface area (Å²) in [6, 6.07) is 1.90. The summed E-state index contributed by atoms with van der Waals surface area (Å²) in [7, 11) is -2.37. The van der Waals surface area contributed by atoms with Crippen molar-refractivity contribution in [2.45, 2.75) is 37.6 Å². The Balaban J connectivity index is 2.47. The SMILES string of the molecule is Cc1cc(S(=O)(=O)N(C)C(C)C2CC2)cc(C(=O)O)c1F. The summed E-state index contributed by atoms with van der Waals surface area (Å²) in [5.41, 5.74) is -0.623. The first-order valence-electron chi connectivity index (χ1n) is 6.67. The number of carbonyl (C=O) groups is 1. The summed E-state index contributed by atoms with van der Waals surface area (Å²) in [6.07, 6.45) is 1.98. The number of benzene rings is 1. The summed E-state index contributed by atoms with van der Waals surface area (Å²) in [5.74, 6) is -2.05. The zero-order valence-corrected chi connectivity index (χ0v) is 12.9. The van der Waals surface area contributed by atoms with E-state index in [4.69, 9.17) is 5.11 Å². The molecule has 1 aliphatic rings. The summed E-state index contributed by atoms with van der Waals surface area (Å²) in [6.45, 7) is 3.18. The number of aryl methyl sites for hydroxylation is 1. The normalized spacial score (nSPS) is 17.0. The first kappa shape index (κ1) is 15.9. The van der Waals surface area contributed by atoms with Crippen LogP contribution in [0.4, 0.5) is 4.39 Å². The van der Waals surface area contributed by atoms with E-state index in [-0.39, 0.29) is 16.5 Å². The zero-order valence-electron chi connectivity index (χ0n) is 12.1. The predicted molar refractivity (Wildman–Crippen MR) is 75.2 cm³/mol. The maximum Gasteiger partial charge on any atom is 0.338 e. The van der Waals surface area contributed by atoms with Gasteiger partial charge in [0, 0.05) is 13.1 Å². The van der Waals surface area contributed by atoms with Crippen molar-refractivity contribution in [2.24, 2.45) is 5.92 Å². The molecule has 1 unspecified atom stereocenters. The second-order valence-electron chi connectivity index (χ2n) is 5.51. The van der Waals surface area contributed by atoms with E-state index >= 15 is 0 Å². The Bertz CT molecular complexity index is 682. The molecule has 5 nitrogen and oxygen atoms in total. The molecule has 1 N–H and O–H groups in total. The highest BCUT2D eigenvalue weighted by molar-refractivity contribution is 7.89. The number of hydrogen-bond acceptors (Lipinski definition) is 3. The summed E-state index contributed by atoms with van der Waals surface area (Å²) < 4.78 is 40.1. The van der Waals surface area contributed by atoms with Gasteiger partial charge in [0.1, 0.15) is 5.82 Å². The van der Waals surface area contributed by atoms with E-state index in [1.54, 1.807) is 0 Å². The average molecular weight is 315 g/mol. The van der Waals surface area contributed by atoms with Gasteiger partial charge in [0.15, 0.2) is 0 Å². The molecule has 2 rings (SSSR count). The third-order valence-corrected chi connectivity index (χ3v) is 5.94. The Morgan fingerprint density at radius 2 is 2.00 bits per heavy atom. The van der Waals surface area contributed by atoms with Gasteiger partial charge in [-0.05, 0) is 50.3 Å². The van der Waals surface area contributed by atoms with Crippen LogP contribution in [0.2, 0.25) is 0 Å². The Morgan fingerprint density at radius 1 is 1.43 bits per heavy atom. The molecule has 1 aromatic carbocycles. The molecule has 0 saturated heterocycles. The minimum atomic E-state index is -3.84. The Hall–Kier alpha value is -1.47. The molecule has 0 spiro atoms. The summed E-state index contributed by atoms with van der Waals surface area (Å²) >= 11 is 0. The van der Waals surface area contributed by atoms with Gasteiger partial charge in [0.2, 0.25) is 10.0 Å². The van der Waals surface area contributed by atoms with Crippen molar-refractivity contribution in [3.05, 3.63) is 29.1 Å². The quantitative estimate of drug-likeness (QED) is 0.904. The van der Waals surface area contributed by atoms with Crippen LogP contribution in [0.5, 0.6) is 0 Å². The lowest BCUT2D eigenvalue weighted by molar-refractivity contribution is 0.0691. The molecule has 116 valence electrons. The van der Waals surface area contributed by atoms with E-state index in [0.717, 1.165) is 18.9 Å². The third-order valence-electron chi connectivity index (χ3n) is 4.01. The molecule has 1 aliphatic carbocycles. The fourth-order valence-electron chi connectivity index (χ4n) is 2.30. The Labute approximate surface area is 123 Å². The van der Waals surface area contributed by atoms with Gasteiger partial charge in [-0.1, -0.05) is 0 Å². The minimum Gasteiger partial charge on any atom is -0.478 e. The average Bonchev–Trinajstić information content (AvgIpc) is 3.23.